The number of hydrogen-bond acceptors (Lipinski definition) is 4. The minimum Gasteiger partial charge on any atom is -0.366 e. The maximum Gasteiger partial charge on any atom is 0.272 e. The van der Waals surface area contributed by atoms with Crippen LogP contribution in [-0.4, -0.2) is 38.0 Å². The van der Waals surface area contributed by atoms with Crippen LogP contribution in [0.5, 0.6) is 0 Å². The van der Waals surface area contributed by atoms with Gasteiger partial charge in [-0.25, -0.2) is 0 Å². The number of pyridine rings is 1. The van der Waals surface area contributed by atoms with Gasteiger partial charge in [-0.05, 0) is 31.9 Å². The molecule has 1 aliphatic rings. The highest BCUT2D eigenvalue weighted by Gasteiger charge is 2.35. The van der Waals surface area contributed by atoms with Gasteiger partial charge >= 0.3 is 0 Å². The monoisotopic (exact) mass is 347 g/mol. The van der Waals surface area contributed by atoms with Crippen molar-refractivity contribution in [2.45, 2.75) is 25.8 Å². The Morgan fingerprint density at radius 3 is 2.67 bits per heavy atom. The molecule has 3 rings (SSSR count). The molecule has 1 atom stereocenters. The number of carbonyl (C=O) groups is 2. The molecule has 0 unspecified atom stereocenters. The fourth-order valence-electron chi connectivity index (χ4n) is 3.15. The number of hydrogen-bond donors (Lipinski definition) is 1. The van der Waals surface area contributed by atoms with Crippen molar-refractivity contribution >= 4 is 23.4 Å². The number of likely N-dealkylation sites (tertiary alicyclic amines) is 1. The summed E-state index contributed by atoms with van der Waals surface area (Å²) in [5.74, 6) is -0.758. The van der Waals surface area contributed by atoms with Gasteiger partial charge in [-0.15, -0.1) is 0 Å². The standard InChI is InChI=1S/C16H18ClN5O2/c1-9-13(14(17)21(2)20-9)12-4-3-7-22(12)16(24)11-6-5-10(8-19-11)15(18)23/h5-6,8,12H,3-4,7H2,1-2H3,(H2,18,23)/t12-/m0/s1. The number of aromatic nitrogens is 3. The van der Waals surface area contributed by atoms with Crippen LogP contribution in [0, 0.1) is 6.92 Å². The lowest BCUT2D eigenvalue weighted by Crippen LogP contribution is -2.31. The van der Waals surface area contributed by atoms with Crippen LogP contribution in [0.15, 0.2) is 18.3 Å². The number of carbonyl (C=O) groups excluding carboxylic acids is 2. The summed E-state index contributed by atoms with van der Waals surface area (Å²) in [7, 11) is 1.78. The third kappa shape index (κ3) is 2.75. The fourth-order valence-corrected chi connectivity index (χ4v) is 3.45. The normalized spacial score (nSPS) is 17.3. The Hall–Kier alpha value is -2.41. The van der Waals surface area contributed by atoms with Gasteiger partial charge in [0.25, 0.3) is 5.91 Å². The van der Waals surface area contributed by atoms with Gasteiger partial charge in [-0.2, -0.15) is 5.10 Å². The van der Waals surface area contributed by atoms with Crippen LogP contribution >= 0.6 is 11.6 Å². The SMILES string of the molecule is Cc1nn(C)c(Cl)c1[C@@H]1CCCN1C(=O)c1ccc(C(N)=O)cn1. The van der Waals surface area contributed by atoms with Gasteiger partial charge in [0.15, 0.2) is 0 Å². The van der Waals surface area contributed by atoms with Crippen molar-refractivity contribution in [2.75, 3.05) is 6.54 Å². The van der Waals surface area contributed by atoms with Crippen molar-refractivity contribution < 1.29 is 9.59 Å². The molecule has 1 saturated heterocycles. The van der Waals surface area contributed by atoms with Crippen LogP contribution in [-0.2, 0) is 7.05 Å². The van der Waals surface area contributed by atoms with Crippen LogP contribution in [0.4, 0.5) is 0 Å². The van der Waals surface area contributed by atoms with Gasteiger partial charge in [0, 0.05) is 25.4 Å². The number of amides is 2. The summed E-state index contributed by atoms with van der Waals surface area (Å²) in [6.07, 6.45) is 3.04. The summed E-state index contributed by atoms with van der Waals surface area (Å²) >= 11 is 6.36. The van der Waals surface area contributed by atoms with Gasteiger partial charge < -0.3 is 10.6 Å². The third-order valence-corrected chi connectivity index (χ3v) is 4.76. The molecular formula is C16H18ClN5O2. The van der Waals surface area contributed by atoms with Crippen molar-refractivity contribution in [3.05, 3.63) is 46.0 Å². The lowest BCUT2D eigenvalue weighted by atomic mass is 10.1. The Balaban J connectivity index is 1.90. The van der Waals surface area contributed by atoms with Gasteiger partial charge in [0.1, 0.15) is 10.8 Å². The van der Waals surface area contributed by atoms with E-state index in [0.29, 0.717) is 11.7 Å². The van der Waals surface area contributed by atoms with Gasteiger partial charge in [0.2, 0.25) is 5.91 Å². The Bertz CT molecular complexity index is 800. The zero-order chi connectivity index (χ0) is 17.4. The summed E-state index contributed by atoms with van der Waals surface area (Å²) < 4.78 is 1.62. The summed E-state index contributed by atoms with van der Waals surface area (Å²) in [5, 5.41) is 4.88. The van der Waals surface area contributed by atoms with Crippen molar-refractivity contribution in [2.24, 2.45) is 12.8 Å². The van der Waals surface area contributed by atoms with Crippen molar-refractivity contribution in [3.63, 3.8) is 0 Å². The van der Waals surface area contributed by atoms with E-state index in [-0.39, 0.29) is 23.2 Å². The van der Waals surface area contributed by atoms with Crippen molar-refractivity contribution in [3.8, 4) is 0 Å². The Labute approximate surface area is 144 Å². The van der Waals surface area contributed by atoms with E-state index in [1.54, 1.807) is 16.6 Å². The maximum atomic E-state index is 12.8. The van der Waals surface area contributed by atoms with E-state index in [0.717, 1.165) is 24.1 Å². The maximum absolute atomic E-state index is 12.8. The molecule has 0 saturated carbocycles. The molecule has 2 amide bonds. The van der Waals surface area contributed by atoms with Gasteiger partial charge in [0.05, 0.1) is 17.3 Å². The lowest BCUT2D eigenvalue weighted by Gasteiger charge is -2.24. The first-order valence-corrected chi connectivity index (χ1v) is 8.03. The molecule has 3 heterocycles. The number of primary amides is 1. The van der Waals surface area contributed by atoms with E-state index in [1.807, 2.05) is 6.92 Å². The molecule has 2 aromatic rings. The number of nitrogens with zero attached hydrogens (tertiary/aromatic N) is 4. The molecule has 0 aliphatic carbocycles. The zero-order valence-electron chi connectivity index (χ0n) is 13.5. The van der Waals surface area contributed by atoms with Crippen LogP contribution in [0.3, 0.4) is 0 Å². The molecule has 7 nitrogen and oxygen atoms in total. The second kappa shape index (κ2) is 6.24. The van der Waals surface area contributed by atoms with E-state index >= 15 is 0 Å². The highest BCUT2D eigenvalue weighted by molar-refractivity contribution is 6.30. The zero-order valence-corrected chi connectivity index (χ0v) is 14.2. The fraction of sp³-hybridized carbons (Fsp3) is 0.375. The van der Waals surface area contributed by atoms with Gasteiger partial charge in [-0.3, -0.25) is 19.3 Å². The van der Waals surface area contributed by atoms with Crippen molar-refractivity contribution in [1.82, 2.24) is 19.7 Å². The number of nitrogens with two attached hydrogens (primary N) is 1. The van der Waals surface area contributed by atoms with Crippen LogP contribution in [0.25, 0.3) is 0 Å². The quantitative estimate of drug-likeness (QED) is 0.916. The highest BCUT2D eigenvalue weighted by Crippen LogP contribution is 2.38. The molecule has 24 heavy (non-hydrogen) atoms. The molecule has 1 aliphatic heterocycles. The number of halogens is 1. The average molecular weight is 348 g/mol. The number of rotatable bonds is 3. The lowest BCUT2D eigenvalue weighted by molar-refractivity contribution is 0.0729. The van der Waals surface area contributed by atoms with Gasteiger partial charge in [-0.1, -0.05) is 11.6 Å². The first kappa shape index (κ1) is 16.4. The molecule has 1 fully saturated rings. The summed E-state index contributed by atoms with van der Waals surface area (Å²) in [6, 6.07) is 2.92. The molecule has 0 aromatic carbocycles. The largest absolute Gasteiger partial charge is 0.366 e. The average Bonchev–Trinajstić information content (AvgIpc) is 3.12. The second-order valence-corrected chi connectivity index (χ2v) is 6.22. The Kier molecular flexibility index (Phi) is 4.28. The molecule has 8 heteroatoms. The minimum absolute atomic E-state index is 0.115. The predicted molar refractivity (Wildman–Crippen MR) is 88.7 cm³/mol. The predicted octanol–water partition coefficient (Wildman–Crippen LogP) is 1.85. The van der Waals surface area contributed by atoms with Crippen LogP contribution in [0.2, 0.25) is 5.15 Å². The second-order valence-electron chi connectivity index (χ2n) is 5.87. The summed E-state index contributed by atoms with van der Waals surface area (Å²) in [6.45, 7) is 2.52. The van der Waals surface area contributed by atoms with Crippen LogP contribution < -0.4 is 5.73 Å². The Morgan fingerprint density at radius 1 is 1.38 bits per heavy atom. The van der Waals surface area contributed by atoms with Crippen molar-refractivity contribution in [1.29, 1.82) is 0 Å². The van der Waals surface area contributed by atoms with Crippen LogP contribution in [0.1, 0.15) is 51.0 Å². The third-order valence-electron chi connectivity index (χ3n) is 4.31. The molecule has 0 spiro atoms. The Morgan fingerprint density at radius 2 is 2.12 bits per heavy atom. The number of aryl methyl sites for hydroxylation is 2. The first-order chi connectivity index (χ1) is 11.4. The molecule has 0 bridgehead atoms. The van der Waals surface area contributed by atoms with E-state index in [9.17, 15) is 9.59 Å². The smallest absolute Gasteiger partial charge is 0.272 e. The molecular weight excluding hydrogens is 330 g/mol. The molecule has 0 radical (unpaired) electrons. The molecule has 2 aromatic heterocycles. The first-order valence-electron chi connectivity index (χ1n) is 7.66. The summed E-state index contributed by atoms with van der Waals surface area (Å²) in [4.78, 5) is 29.8. The van der Waals surface area contributed by atoms with E-state index in [1.165, 1.54) is 18.3 Å². The summed E-state index contributed by atoms with van der Waals surface area (Å²) in [5.41, 5.74) is 7.46. The molecule has 126 valence electrons. The highest BCUT2D eigenvalue weighted by atomic mass is 35.5. The van der Waals surface area contributed by atoms with E-state index in [2.05, 4.69) is 10.1 Å². The van der Waals surface area contributed by atoms with E-state index in [4.69, 9.17) is 17.3 Å². The topological polar surface area (TPSA) is 94.1 Å². The molecule has 2 N–H and O–H groups in total. The minimum atomic E-state index is -0.571. The van der Waals surface area contributed by atoms with E-state index < -0.39 is 5.91 Å².